The number of carbonyl (C=O) groups is 1. The molecule has 0 aliphatic rings. The highest BCUT2D eigenvalue weighted by Gasteiger charge is 2.10. The fourth-order valence-corrected chi connectivity index (χ4v) is 0.869. The fourth-order valence-electron chi connectivity index (χ4n) is 0.869. The molecule has 0 amide bonds. The summed E-state index contributed by atoms with van der Waals surface area (Å²) in [5.41, 5.74) is 5.23. The van der Waals surface area contributed by atoms with Crippen molar-refractivity contribution in [1.82, 2.24) is 0 Å². The van der Waals surface area contributed by atoms with Crippen LogP contribution in [-0.2, 0) is 4.89 Å². The second-order valence-corrected chi connectivity index (χ2v) is 2.50. The summed E-state index contributed by atoms with van der Waals surface area (Å²) in [4.78, 5) is 20.1. The molecule has 0 aliphatic carbocycles. The first-order valence-corrected chi connectivity index (χ1v) is 4.07. The van der Waals surface area contributed by atoms with E-state index in [9.17, 15) is 4.79 Å². The van der Waals surface area contributed by atoms with E-state index in [2.05, 4.69) is 4.89 Å². The highest BCUT2D eigenvalue weighted by molar-refractivity contribution is 5.90. The molecular weight excluding hydrogens is 186 g/mol. The normalized spacial score (nSPS) is 9.79. The van der Waals surface area contributed by atoms with Crippen LogP contribution in [0, 0.1) is 0 Å². The Bertz CT molecular complexity index is 313. The first kappa shape index (κ1) is 10.5. The lowest BCUT2D eigenvalue weighted by Crippen LogP contribution is -2.11. The largest absolute Gasteiger partial charge is 0.478 e. The minimum Gasteiger partial charge on any atom is -0.478 e. The molecule has 14 heavy (non-hydrogen) atoms. The first-order chi connectivity index (χ1) is 6.75. The third-order valence-electron chi connectivity index (χ3n) is 1.47. The molecule has 0 saturated carbocycles. The van der Waals surface area contributed by atoms with Crippen LogP contribution < -0.4 is 10.6 Å². The minimum absolute atomic E-state index is 0.0597. The summed E-state index contributed by atoms with van der Waals surface area (Å²) in [5.74, 6) is -0.884. The van der Waals surface area contributed by atoms with Crippen molar-refractivity contribution < 1.29 is 19.7 Å². The SMILES string of the molecule is NCCOOc1ccccc1C(=O)O. The predicted octanol–water partition coefficient (Wildman–Crippen LogP) is 0.654. The summed E-state index contributed by atoms with van der Waals surface area (Å²) >= 11 is 0. The van der Waals surface area contributed by atoms with Crippen molar-refractivity contribution in [3.63, 3.8) is 0 Å². The Morgan fingerprint density at radius 3 is 2.79 bits per heavy atom. The van der Waals surface area contributed by atoms with Gasteiger partial charge in [-0.1, -0.05) is 12.1 Å². The van der Waals surface area contributed by atoms with E-state index >= 15 is 0 Å². The van der Waals surface area contributed by atoms with Crippen LogP contribution >= 0.6 is 0 Å². The maximum absolute atomic E-state index is 10.7. The molecule has 0 radical (unpaired) electrons. The lowest BCUT2D eigenvalue weighted by molar-refractivity contribution is -0.204. The van der Waals surface area contributed by atoms with Crippen LogP contribution in [0.25, 0.3) is 0 Å². The average molecular weight is 197 g/mol. The molecule has 1 rings (SSSR count). The van der Waals surface area contributed by atoms with E-state index < -0.39 is 5.97 Å². The molecule has 0 saturated heterocycles. The van der Waals surface area contributed by atoms with Crippen LogP contribution in [0.3, 0.4) is 0 Å². The number of hydrogen-bond acceptors (Lipinski definition) is 4. The summed E-state index contributed by atoms with van der Waals surface area (Å²) in [5, 5.41) is 8.76. The van der Waals surface area contributed by atoms with Crippen LogP contribution in [0.15, 0.2) is 24.3 Å². The molecule has 0 unspecified atom stereocenters. The zero-order valence-electron chi connectivity index (χ0n) is 7.47. The van der Waals surface area contributed by atoms with E-state index in [-0.39, 0.29) is 17.9 Å². The molecular formula is C9H11NO4. The van der Waals surface area contributed by atoms with Gasteiger partial charge >= 0.3 is 5.97 Å². The van der Waals surface area contributed by atoms with Gasteiger partial charge in [-0.05, 0) is 12.1 Å². The zero-order valence-corrected chi connectivity index (χ0v) is 7.47. The van der Waals surface area contributed by atoms with Crippen LogP contribution in [-0.4, -0.2) is 24.2 Å². The summed E-state index contributed by atoms with van der Waals surface area (Å²) in [7, 11) is 0. The second-order valence-electron chi connectivity index (χ2n) is 2.50. The van der Waals surface area contributed by atoms with Gasteiger partial charge < -0.3 is 15.7 Å². The summed E-state index contributed by atoms with van der Waals surface area (Å²) in [6.07, 6.45) is 0. The average Bonchev–Trinajstić information content (AvgIpc) is 2.19. The molecule has 0 aliphatic heterocycles. The Kier molecular flexibility index (Phi) is 3.90. The standard InChI is InChI=1S/C9H11NO4/c10-5-6-13-14-8-4-2-1-3-7(8)9(11)12/h1-4H,5-6,10H2,(H,11,12). The van der Waals surface area contributed by atoms with Crippen molar-refractivity contribution in [3.8, 4) is 5.75 Å². The van der Waals surface area contributed by atoms with Crippen molar-refractivity contribution in [2.45, 2.75) is 0 Å². The third-order valence-corrected chi connectivity index (χ3v) is 1.47. The molecule has 0 bridgehead atoms. The molecule has 5 heteroatoms. The molecule has 76 valence electrons. The van der Waals surface area contributed by atoms with Gasteiger partial charge in [0.25, 0.3) is 0 Å². The van der Waals surface area contributed by atoms with Crippen LogP contribution in [0.4, 0.5) is 0 Å². The number of benzene rings is 1. The van der Waals surface area contributed by atoms with Crippen molar-refractivity contribution in [3.05, 3.63) is 29.8 Å². The molecule has 0 spiro atoms. The second kappa shape index (κ2) is 5.21. The predicted molar refractivity (Wildman–Crippen MR) is 49.0 cm³/mol. The van der Waals surface area contributed by atoms with Gasteiger partial charge in [0.15, 0.2) is 5.75 Å². The lowest BCUT2D eigenvalue weighted by atomic mass is 10.2. The van der Waals surface area contributed by atoms with Gasteiger partial charge in [0.1, 0.15) is 12.2 Å². The van der Waals surface area contributed by atoms with E-state index in [1.165, 1.54) is 12.1 Å². The zero-order chi connectivity index (χ0) is 10.4. The van der Waals surface area contributed by atoms with E-state index in [1.54, 1.807) is 12.1 Å². The topological polar surface area (TPSA) is 81.8 Å². The molecule has 0 fully saturated rings. The summed E-state index contributed by atoms with van der Waals surface area (Å²) in [6, 6.07) is 6.22. The maximum atomic E-state index is 10.7. The van der Waals surface area contributed by atoms with Gasteiger partial charge in [-0.3, -0.25) is 0 Å². The first-order valence-electron chi connectivity index (χ1n) is 4.07. The molecule has 1 aromatic rings. The van der Waals surface area contributed by atoms with Gasteiger partial charge in [-0.2, -0.15) is 4.89 Å². The smallest absolute Gasteiger partial charge is 0.339 e. The quantitative estimate of drug-likeness (QED) is 0.411. The Hall–Kier alpha value is -1.59. The molecule has 3 N–H and O–H groups in total. The maximum Gasteiger partial charge on any atom is 0.339 e. The van der Waals surface area contributed by atoms with Gasteiger partial charge in [0.05, 0.1) is 0 Å². The van der Waals surface area contributed by atoms with Gasteiger partial charge in [0, 0.05) is 6.54 Å². The number of carboxylic acid groups (broad SMARTS) is 1. The summed E-state index contributed by atoms with van der Waals surface area (Å²) < 4.78 is 0. The Morgan fingerprint density at radius 1 is 1.43 bits per heavy atom. The van der Waals surface area contributed by atoms with Crippen molar-refractivity contribution in [1.29, 1.82) is 0 Å². The number of aromatic carboxylic acids is 1. The monoisotopic (exact) mass is 197 g/mol. The van der Waals surface area contributed by atoms with Gasteiger partial charge in [-0.25, -0.2) is 4.79 Å². The van der Waals surface area contributed by atoms with Crippen molar-refractivity contribution in [2.75, 3.05) is 13.2 Å². The van der Waals surface area contributed by atoms with Gasteiger partial charge in [0.2, 0.25) is 0 Å². The van der Waals surface area contributed by atoms with Crippen LogP contribution in [0.5, 0.6) is 5.75 Å². The molecule has 0 atom stereocenters. The number of nitrogens with two attached hydrogens (primary N) is 1. The molecule has 0 heterocycles. The number of hydrogen-bond donors (Lipinski definition) is 2. The van der Waals surface area contributed by atoms with E-state index in [1.807, 2.05) is 0 Å². The van der Waals surface area contributed by atoms with Gasteiger partial charge in [-0.15, -0.1) is 0 Å². The van der Waals surface area contributed by atoms with Crippen molar-refractivity contribution >= 4 is 5.97 Å². The van der Waals surface area contributed by atoms with Crippen LogP contribution in [0.1, 0.15) is 10.4 Å². The Morgan fingerprint density at radius 2 is 2.14 bits per heavy atom. The third kappa shape index (κ3) is 2.72. The molecule has 1 aromatic carbocycles. The van der Waals surface area contributed by atoms with E-state index in [4.69, 9.17) is 15.7 Å². The molecule has 0 aromatic heterocycles. The Balaban J connectivity index is 2.69. The highest BCUT2D eigenvalue weighted by Crippen LogP contribution is 2.17. The van der Waals surface area contributed by atoms with Crippen molar-refractivity contribution in [2.24, 2.45) is 5.73 Å². The van der Waals surface area contributed by atoms with E-state index in [0.717, 1.165) is 0 Å². The van der Waals surface area contributed by atoms with Crippen LogP contribution in [0.2, 0.25) is 0 Å². The fraction of sp³-hybridized carbons (Fsp3) is 0.222. The number of carboxylic acids is 1. The Labute approximate surface area is 81.0 Å². The summed E-state index contributed by atoms with van der Waals surface area (Å²) in [6.45, 7) is 0.531. The molecule has 5 nitrogen and oxygen atoms in total. The number of para-hydroxylation sites is 1. The highest BCUT2D eigenvalue weighted by atomic mass is 17.2. The minimum atomic E-state index is -1.06. The number of rotatable bonds is 5. The van der Waals surface area contributed by atoms with E-state index in [0.29, 0.717) is 6.54 Å². The lowest BCUT2D eigenvalue weighted by Gasteiger charge is -2.05.